The van der Waals surface area contributed by atoms with Gasteiger partial charge in [-0.05, 0) is 6.42 Å². The first-order valence-corrected chi connectivity index (χ1v) is 6.60. The van der Waals surface area contributed by atoms with Gasteiger partial charge in [0.15, 0.2) is 9.84 Å². The minimum atomic E-state index is -3.68. The number of imide groups is 1. The van der Waals surface area contributed by atoms with E-state index in [4.69, 9.17) is 5.11 Å². The maximum atomic E-state index is 11.2. The zero-order valence-corrected chi connectivity index (χ0v) is 9.64. The number of carbonyl (C=O) groups excluding carboxylic acids is 2. The second-order valence-corrected chi connectivity index (χ2v) is 5.68. The van der Waals surface area contributed by atoms with Gasteiger partial charge in [-0.2, -0.15) is 0 Å². The number of carbonyl (C=O) groups is 3. The van der Waals surface area contributed by atoms with Gasteiger partial charge in [0.2, 0.25) is 0 Å². The van der Waals surface area contributed by atoms with Crippen molar-refractivity contribution in [2.75, 3.05) is 18.1 Å². The summed E-state index contributed by atoms with van der Waals surface area (Å²) in [6, 6.07) is 0. The smallest absolute Gasteiger partial charge is 0.318 e. The van der Waals surface area contributed by atoms with Gasteiger partial charge < -0.3 is 5.11 Å². The maximum Gasteiger partial charge on any atom is 0.318 e. The van der Waals surface area contributed by atoms with Gasteiger partial charge in [-0.15, -0.1) is 0 Å². The first-order valence-electron chi connectivity index (χ1n) is 4.77. The van der Waals surface area contributed by atoms with Crippen molar-refractivity contribution < 1.29 is 27.9 Å². The Bertz CT molecular complexity index is 460. The Morgan fingerprint density at radius 2 is 1.76 bits per heavy atom. The Hall–Kier alpha value is -1.70. The van der Waals surface area contributed by atoms with Crippen LogP contribution in [0.4, 0.5) is 0 Å². The van der Waals surface area contributed by atoms with Crippen molar-refractivity contribution in [3.8, 4) is 0 Å². The minimum absolute atomic E-state index is 0.0243. The second kappa shape index (κ2) is 5.09. The van der Waals surface area contributed by atoms with Gasteiger partial charge in [0.1, 0.15) is 5.75 Å². The van der Waals surface area contributed by atoms with Crippen LogP contribution in [-0.2, 0) is 24.2 Å². The van der Waals surface area contributed by atoms with E-state index in [0.29, 0.717) is 0 Å². The Balaban J connectivity index is 2.41. The van der Waals surface area contributed by atoms with E-state index in [2.05, 4.69) is 0 Å². The van der Waals surface area contributed by atoms with Gasteiger partial charge in [0.05, 0.1) is 5.75 Å². The lowest BCUT2D eigenvalue weighted by atomic mass is 10.4. The minimum Gasteiger partial charge on any atom is -0.480 e. The van der Waals surface area contributed by atoms with E-state index in [1.165, 1.54) is 0 Å². The van der Waals surface area contributed by atoms with Crippen molar-refractivity contribution in [2.45, 2.75) is 6.42 Å². The zero-order valence-electron chi connectivity index (χ0n) is 8.83. The molecule has 0 saturated heterocycles. The van der Waals surface area contributed by atoms with Gasteiger partial charge in [0, 0.05) is 18.7 Å². The van der Waals surface area contributed by atoms with Gasteiger partial charge in [0.25, 0.3) is 11.8 Å². The molecule has 0 aromatic carbocycles. The molecule has 0 unspecified atom stereocenters. The molecule has 1 heterocycles. The third kappa shape index (κ3) is 3.99. The van der Waals surface area contributed by atoms with Crippen LogP contribution >= 0.6 is 0 Å². The zero-order chi connectivity index (χ0) is 13.1. The molecular formula is C9H11NO6S. The fraction of sp³-hybridized carbons (Fsp3) is 0.444. The summed E-state index contributed by atoms with van der Waals surface area (Å²) in [7, 11) is -3.68. The normalized spacial score (nSPS) is 15.6. The average Bonchev–Trinajstić information content (AvgIpc) is 2.46. The number of nitrogens with zero attached hydrogens (tertiary/aromatic N) is 1. The summed E-state index contributed by atoms with van der Waals surface area (Å²) in [5, 5.41) is 8.34. The van der Waals surface area contributed by atoms with Crippen molar-refractivity contribution in [1.82, 2.24) is 4.90 Å². The lowest BCUT2D eigenvalue weighted by molar-refractivity contribution is -0.137. The third-order valence-electron chi connectivity index (χ3n) is 2.08. The number of carboxylic acids is 1. The lowest BCUT2D eigenvalue weighted by Crippen LogP contribution is -2.32. The number of aliphatic carboxylic acids is 1. The molecule has 1 aliphatic rings. The monoisotopic (exact) mass is 261 g/mol. The number of hydrogen-bond acceptors (Lipinski definition) is 5. The van der Waals surface area contributed by atoms with Crippen LogP contribution in [0.1, 0.15) is 6.42 Å². The summed E-state index contributed by atoms with van der Waals surface area (Å²) in [6.07, 6.45) is 2.25. The highest BCUT2D eigenvalue weighted by Crippen LogP contribution is 2.05. The van der Waals surface area contributed by atoms with E-state index in [1.807, 2.05) is 0 Å². The standard InChI is InChI=1S/C9H11NO6S/c11-7-2-3-8(12)10(7)4-1-5-17(15,16)6-9(13)14/h2-3H,1,4-6H2,(H,13,14). The first kappa shape index (κ1) is 13.4. The Morgan fingerprint density at radius 1 is 1.24 bits per heavy atom. The number of rotatable bonds is 6. The summed E-state index contributed by atoms with van der Waals surface area (Å²) >= 11 is 0. The molecule has 8 heteroatoms. The van der Waals surface area contributed by atoms with E-state index in [1.54, 1.807) is 0 Å². The van der Waals surface area contributed by atoms with Crippen LogP contribution in [0.5, 0.6) is 0 Å². The van der Waals surface area contributed by atoms with E-state index in [9.17, 15) is 22.8 Å². The molecule has 0 spiro atoms. The molecule has 0 aromatic rings. The second-order valence-electron chi connectivity index (χ2n) is 3.50. The highest BCUT2D eigenvalue weighted by Gasteiger charge is 2.23. The number of amides is 2. The van der Waals surface area contributed by atoms with Crippen LogP contribution in [0.3, 0.4) is 0 Å². The quantitative estimate of drug-likeness (QED) is 0.601. The summed E-state index contributed by atoms with van der Waals surface area (Å²) in [5.41, 5.74) is 0. The molecule has 7 nitrogen and oxygen atoms in total. The van der Waals surface area contributed by atoms with E-state index in [-0.39, 0.29) is 18.7 Å². The van der Waals surface area contributed by atoms with Crippen molar-refractivity contribution in [1.29, 1.82) is 0 Å². The Kier molecular flexibility index (Phi) is 4.00. The molecule has 94 valence electrons. The fourth-order valence-electron chi connectivity index (χ4n) is 1.35. The van der Waals surface area contributed by atoms with Gasteiger partial charge in [-0.25, -0.2) is 8.42 Å². The van der Waals surface area contributed by atoms with Gasteiger partial charge >= 0.3 is 5.97 Å². The van der Waals surface area contributed by atoms with E-state index in [0.717, 1.165) is 17.1 Å². The van der Waals surface area contributed by atoms with Crippen LogP contribution in [0.15, 0.2) is 12.2 Å². The molecular weight excluding hydrogens is 250 g/mol. The molecule has 17 heavy (non-hydrogen) atoms. The van der Waals surface area contributed by atoms with Crippen molar-refractivity contribution in [2.24, 2.45) is 0 Å². The van der Waals surface area contributed by atoms with Crippen LogP contribution < -0.4 is 0 Å². The summed E-state index contributed by atoms with van der Waals surface area (Å²) in [4.78, 5) is 33.3. The number of sulfone groups is 1. The SMILES string of the molecule is O=C(O)CS(=O)(=O)CCCN1C(=O)C=CC1=O. The molecule has 2 amide bonds. The van der Waals surface area contributed by atoms with Crippen molar-refractivity contribution in [3.63, 3.8) is 0 Å². The molecule has 0 radical (unpaired) electrons. The molecule has 1 aliphatic heterocycles. The molecule has 0 atom stereocenters. The Labute approximate surface area is 97.6 Å². The predicted octanol–water partition coefficient (Wildman–Crippen LogP) is -1.20. The molecule has 0 bridgehead atoms. The topological polar surface area (TPSA) is 109 Å². The highest BCUT2D eigenvalue weighted by molar-refractivity contribution is 7.92. The van der Waals surface area contributed by atoms with Crippen molar-refractivity contribution in [3.05, 3.63) is 12.2 Å². The summed E-state index contributed by atoms with van der Waals surface area (Å²) < 4.78 is 22.4. The first-order chi connectivity index (χ1) is 7.82. The summed E-state index contributed by atoms with van der Waals surface area (Å²) in [5.74, 6) is -3.68. The van der Waals surface area contributed by atoms with Crippen molar-refractivity contribution >= 4 is 27.6 Å². The molecule has 0 aromatic heterocycles. The maximum absolute atomic E-state index is 11.2. The lowest BCUT2D eigenvalue weighted by Gasteiger charge is -2.12. The predicted molar refractivity (Wildman–Crippen MR) is 56.8 cm³/mol. The average molecular weight is 261 g/mol. The molecule has 1 N–H and O–H groups in total. The van der Waals surface area contributed by atoms with Gasteiger partial charge in [-0.3, -0.25) is 19.3 Å². The highest BCUT2D eigenvalue weighted by atomic mass is 32.2. The fourth-order valence-corrected chi connectivity index (χ4v) is 2.44. The van der Waals surface area contributed by atoms with Crippen LogP contribution in [0.2, 0.25) is 0 Å². The van der Waals surface area contributed by atoms with Crippen LogP contribution in [0, 0.1) is 0 Å². The number of carboxylic acid groups (broad SMARTS) is 1. The third-order valence-corrected chi connectivity index (χ3v) is 3.68. The summed E-state index contributed by atoms with van der Waals surface area (Å²) in [6.45, 7) is -0.0243. The van der Waals surface area contributed by atoms with Crippen LogP contribution in [0.25, 0.3) is 0 Å². The molecule has 0 aliphatic carbocycles. The van der Waals surface area contributed by atoms with Crippen LogP contribution in [-0.4, -0.2) is 54.3 Å². The number of hydrogen-bond donors (Lipinski definition) is 1. The molecule has 0 saturated carbocycles. The molecule has 0 fully saturated rings. The van der Waals surface area contributed by atoms with Gasteiger partial charge in [-0.1, -0.05) is 0 Å². The van der Waals surface area contributed by atoms with E-state index < -0.39 is 33.4 Å². The van der Waals surface area contributed by atoms with E-state index >= 15 is 0 Å². The Morgan fingerprint density at radius 3 is 2.24 bits per heavy atom. The largest absolute Gasteiger partial charge is 0.480 e. The molecule has 1 rings (SSSR count).